The van der Waals surface area contributed by atoms with E-state index in [0.29, 0.717) is 0 Å². The maximum atomic E-state index is 2.54. The monoisotopic (exact) mass is 807 g/mol. The molecule has 0 heterocycles. The zero-order valence-corrected chi connectivity index (χ0v) is 36.6. The molecule has 0 spiro atoms. The Balaban J connectivity index is 1.04. The van der Waals surface area contributed by atoms with E-state index in [1.165, 1.54) is 100 Å². The number of para-hydroxylation sites is 1. The highest BCUT2D eigenvalue weighted by atomic mass is 15.1. The molecule has 0 aliphatic heterocycles. The normalized spacial score (nSPS) is 16.7. The van der Waals surface area contributed by atoms with Gasteiger partial charge in [-0.3, -0.25) is 0 Å². The lowest BCUT2D eigenvalue weighted by molar-refractivity contribution is 0.660. The molecule has 302 valence electrons. The van der Waals surface area contributed by atoms with Crippen molar-refractivity contribution in [2.45, 2.75) is 50.9 Å². The fraction of sp³-hybridized carbons (Fsp3) is 0.129. The van der Waals surface area contributed by atoms with E-state index in [2.05, 4.69) is 246 Å². The number of hydrogen-bond donors (Lipinski definition) is 0. The largest absolute Gasteiger partial charge is 0.309 e. The zero-order chi connectivity index (χ0) is 42.7. The Hall–Kier alpha value is -7.22. The summed E-state index contributed by atoms with van der Waals surface area (Å²) in [6.07, 6.45) is 0. The van der Waals surface area contributed by atoms with Crippen LogP contribution in [0.1, 0.15) is 73.6 Å². The smallest absolute Gasteiger partial charge is 0.0543 e. The van der Waals surface area contributed by atoms with Gasteiger partial charge in [-0.1, -0.05) is 204 Å². The van der Waals surface area contributed by atoms with Gasteiger partial charge >= 0.3 is 0 Å². The fourth-order valence-corrected chi connectivity index (χ4v) is 11.9. The van der Waals surface area contributed by atoms with Crippen molar-refractivity contribution in [3.05, 3.63) is 245 Å². The van der Waals surface area contributed by atoms with Crippen LogP contribution in [-0.2, 0) is 16.2 Å². The minimum atomic E-state index is -0.255. The Kier molecular flexibility index (Phi) is 8.13. The van der Waals surface area contributed by atoms with E-state index in [0.717, 1.165) is 11.4 Å². The quantitative estimate of drug-likeness (QED) is 0.162. The molecule has 1 heteroatoms. The van der Waals surface area contributed by atoms with Gasteiger partial charge in [-0.05, 0) is 121 Å². The minimum Gasteiger partial charge on any atom is -0.309 e. The fourth-order valence-electron chi connectivity index (χ4n) is 11.9. The lowest BCUT2D eigenvalue weighted by atomic mass is 9.74. The van der Waals surface area contributed by atoms with Crippen LogP contribution >= 0.6 is 0 Å². The number of benzene rings is 9. The number of rotatable bonds is 6. The van der Waals surface area contributed by atoms with Crippen LogP contribution in [0.5, 0.6) is 0 Å². The predicted octanol–water partition coefficient (Wildman–Crippen LogP) is 16.4. The molecule has 9 aromatic carbocycles. The Morgan fingerprint density at radius 1 is 0.317 bits per heavy atom. The van der Waals surface area contributed by atoms with Crippen molar-refractivity contribution in [3.63, 3.8) is 0 Å². The molecule has 63 heavy (non-hydrogen) atoms. The van der Waals surface area contributed by atoms with Gasteiger partial charge < -0.3 is 4.90 Å². The van der Waals surface area contributed by atoms with Crippen LogP contribution in [0.15, 0.2) is 206 Å². The molecule has 1 unspecified atom stereocenters. The van der Waals surface area contributed by atoms with Crippen LogP contribution in [0, 0.1) is 0 Å². The maximum absolute atomic E-state index is 2.54. The van der Waals surface area contributed by atoms with Gasteiger partial charge in [0.1, 0.15) is 0 Å². The van der Waals surface area contributed by atoms with Crippen LogP contribution in [-0.4, -0.2) is 0 Å². The van der Waals surface area contributed by atoms with E-state index in [9.17, 15) is 0 Å². The Morgan fingerprint density at radius 3 is 1.54 bits per heavy atom. The summed E-state index contributed by atoms with van der Waals surface area (Å²) in [5.41, 5.74) is 25.3. The molecule has 3 aliphatic rings. The summed E-state index contributed by atoms with van der Waals surface area (Å²) in [5, 5.41) is 0. The molecule has 1 atom stereocenters. The van der Waals surface area contributed by atoms with E-state index in [4.69, 9.17) is 0 Å². The number of hydrogen-bond acceptors (Lipinski definition) is 1. The highest BCUT2D eigenvalue weighted by molar-refractivity contribution is 6.00. The third-order valence-corrected chi connectivity index (χ3v) is 15.0. The van der Waals surface area contributed by atoms with Gasteiger partial charge in [0, 0.05) is 33.1 Å². The second-order valence-electron chi connectivity index (χ2n) is 19.0. The second-order valence-corrected chi connectivity index (χ2v) is 19.0. The standard InChI is InChI=1S/C62H49N/c1-60(2)52-28-14-11-24-50(52)58-54(60)30-18-32-57(58)63(56-31-16-12-23-47(56)49-26-17-25-48-45-22-9-13-27-51(45)61(3,4)59(48)49)43-36-33-40(34-37-43)41-35-38-46-44-21-10-15-29-53(44)62(5,55(46)39-41)42-19-7-6-8-20-42/h6-39H,1-5H3. The van der Waals surface area contributed by atoms with Gasteiger partial charge in [-0.15, -0.1) is 0 Å². The van der Waals surface area contributed by atoms with Crippen LogP contribution in [0.2, 0.25) is 0 Å². The van der Waals surface area contributed by atoms with E-state index >= 15 is 0 Å². The summed E-state index contributed by atoms with van der Waals surface area (Å²) in [6, 6.07) is 77.3. The first-order valence-corrected chi connectivity index (χ1v) is 22.4. The van der Waals surface area contributed by atoms with Gasteiger partial charge in [0.25, 0.3) is 0 Å². The van der Waals surface area contributed by atoms with E-state index in [1.54, 1.807) is 0 Å². The molecule has 0 saturated heterocycles. The molecule has 9 aromatic rings. The van der Waals surface area contributed by atoms with Crippen molar-refractivity contribution >= 4 is 17.1 Å². The summed E-state index contributed by atoms with van der Waals surface area (Å²) in [7, 11) is 0. The molecule has 0 N–H and O–H groups in total. The first-order chi connectivity index (χ1) is 30.7. The summed E-state index contributed by atoms with van der Waals surface area (Å²) in [4.78, 5) is 2.54. The summed E-state index contributed by atoms with van der Waals surface area (Å²) in [5.74, 6) is 0. The molecule has 0 fully saturated rings. The lowest BCUT2D eigenvalue weighted by Crippen LogP contribution is -2.22. The number of nitrogens with zero attached hydrogens (tertiary/aromatic N) is 1. The van der Waals surface area contributed by atoms with Crippen LogP contribution in [0.25, 0.3) is 55.6 Å². The van der Waals surface area contributed by atoms with Gasteiger partial charge in [-0.2, -0.15) is 0 Å². The number of fused-ring (bicyclic) bond motifs is 9. The van der Waals surface area contributed by atoms with Crippen molar-refractivity contribution in [3.8, 4) is 55.6 Å². The summed E-state index contributed by atoms with van der Waals surface area (Å²) in [6.45, 7) is 11.9. The molecule has 0 aromatic heterocycles. The average molecular weight is 808 g/mol. The molecule has 12 rings (SSSR count). The van der Waals surface area contributed by atoms with Crippen molar-refractivity contribution in [2.24, 2.45) is 0 Å². The van der Waals surface area contributed by atoms with Gasteiger partial charge in [0.2, 0.25) is 0 Å². The Bertz CT molecular complexity index is 3290. The molecular weight excluding hydrogens is 759 g/mol. The third kappa shape index (κ3) is 5.29. The lowest BCUT2D eigenvalue weighted by Gasteiger charge is -2.32. The molecule has 0 bridgehead atoms. The van der Waals surface area contributed by atoms with Gasteiger partial charge in [0.15, 0.2) is 0 Å². The minimum absolute atomic E-state index is 0.130. The first kappa shape index (κ1) is 37.5. The van der Waals surface area contributed by atoms with Crippen LogP contribution in [0.4, 0.5) is 17.1 Å². The predicted molar refractivity (Wildman–Crippen MR) is 265 cm³/mol. The molecule has 0 radical (unpaired) electrons. The van der Waals surface area contributed by atoms with Crippen LogP contribution in [0.3, 0.4) is 0 Å². The first-order valence-electron chi connectivity index (χ1n) is 22.4. The maximum Gasteiger partial charge on any atom is 0.0543 e. The van der Waals surface area contributed by atoms with Crippen LogP contribution < -0.4 is 4.90 Å². The molecule has 1 nitrogen and oxygen atoms in total. The van der Waals surface area contributed by atoms with Crippen molar-refractivity contribution in [1.29, 1.82) is 0 Å². The molecule has 0 saturated carbocycles. The highest BCUT2D eigenvalue weighted by Crippen LogP contribution is 2.58. The van der Waals surface area contributed by atoms with Gasteiger partial charge in [0.05, 0.1) is 11.4 Å². The second kappa shape index (κ2) is 13.6. The number of anilines is 3. The summed E-state index contributed by atoms with van der Waals surface area (Å²) < 4.78 is 0. The Morgan fingerprint density at radius 2 is 0.810 bits per heavy atom. The summed E-state index contributed by atoms with van der Waals surface area (Å²) >= 11 is 0. The van der Waals surface area contributed by atoms with E-state index in [1.807, 2.05) is 0 Å². The van der Waals surface area contributed by atoms with E-state index < -0.39 is 0 Å². The van der Waals surface area contributed by atoms with Crippen molar-refractivity contribution < 1.29 is 0 Å². The van der Waals surface area contributed by atoms with Crippen molar-refractivity contribution in [1.82, 2.24) is 0 Å². The van der Waals surface area contributed by atoms with Crippen molar-refractivity contribution in [2.75, 3.05) is 4.90 Å². The molecule has 3 aliphatic carbocycles. The molecular formula is C62H49N. The highest BCUT2D eigenvalue weighted by Gasteiger charge is 2.42. The van der Waals surface area contributed by atoms with E-state index in [-0.39, 0.29) is 16.2 Å². The third-order valence-electron chi connectivity index (χ3n) is 15.0. The molecule has 0 amide bonds. The average Bonchev–Trinajstić information content (AvgIpc) is 3.84. The zero-order valence-electron chi connectivity index (χ0n) is 36.6. The SMILES string of the molecule is CC1(C)c2ccccc2-c2c(N(c3ccc(-c4ccc5c(c4)C(C)(c4ccccc4)c4ccccc4-5)cc3)c3ccccc3-c3cccc4c3C(C)(C)c3ccccc3-4)cccc21. The van der Waals surface area contributed by atoms with Gasteiger partial charge in [-0.25, -0.2) is 0 Å². The Labute approximate surface area is 372 Å². The topological polar surface area (TPSA) is 3.24 Å².